The third-order valence-corrected chi connectivity index (χ3v) is 6.50. The molecule has 0 saturated carbocycles. The summed E-state index contributed by atoms with van der Waals surface area (Å²) in [6.07, 6.45) is -0.156. The molecule has 0 aromatic heterocycles. The third-order valence-electron chi connectivity index (χ3n) is 6.50. The Morgan fingerprint density at radius 2 is 1.08 bits per heavy atom. The number of azide groups is 1. The van der Waals surface area contributed by atoms with Crippen LogP contribution in [0.5, 0.6) is 5.75 Å². The highest BCUT2D eigenvalue weighted by Crippen LogP contribution is 2.29. The van der Waals surface area contributed by atoms with Gasteiger partial charge in [-0.25, -0.2) is 13.2 Å². The summed E-state index contributed by atoms with van der Waals surface area (Å²) >= 11 is 0. The first kappa shape index (κ1) is 45.4. The van der Waals surface area contributed by atoms with Gasteiger partial charge in [-0.05, 0) is 32.7 Å². The van der Waals surface area contributed by atoms with Gasteiger partial charge in [0.2, 0.25) is 58.5 Å². The molecule has 0 aliphatic rings. The first-order chi connectivity index (χ1) is 24.7. The first-order valence-electron chi connectivity index (χ1n) is 15.9. The van der Waals surface area contributed by atoms with E-state index >= 15 is 0 Å². The number of carbonyl (C=O) groups is 5. The Labute approximate surface area is 295 Å². The van der Waals surface area contributed by atoms with Crippen molar-refractivity contribution in [2.24, 2.45) is 5.11 Å². The predicted octanol–water partition coefficient (Wildman–Crippen LogP) is 1.46. The van der Waals surface area contributed by atoms with Crippen molar-refractivity contribution < 1.29 is 69.6 Å². The van der Waals surface area contributed by atoms with Crippen LogP contribution in [0.15, 0.2) is 5.11 Å². The van der Waals surface area contributed by atoms with Crippen molar-refractivity contribution in [3.05, 3.63) is 39.5 Å². The highest BCUT2D eigenvalue weighted by Gasteiger charge is 2.28. The Kier molecular flexibility index (Phi) is 22.1. The van der Waals surface area contributed by atoms with Crippen molar-refractivity contribution in [2.45, 2.75) is 58.2 Å². The van der Waals surface area contributed by atoms with E-state index in [4.69, 9.17) is 24.5 Å². The lowest BCUT2D eigenvalue weighted by molar-refractivity contribution is -0.136. The van der Waals surface area contributed by atoms with Gasteiger partial charge in [-0.2, -0.15) is 8.78 Å². The summed E-state index contributed by atoms with van der Waals surface area (Å²) in [7, 11) is 0. The minimum absolute atomic E-state index is 0.0204. The number of nitrogens with one attached hydrogen (secondary N) is 4. The lowest BCUT2D eigenvalue weighted by Gasteiger charge is -2.20. The molecule has 1 aromatic rings. The topological polar surface area (TPSA) is 228 Å². The molecule has 0 bridgehead atoms. The fourth-order valence-corrected chi connectivity index (χ4v) is 3.70. The summed E-state index contributed by atoms with van der Waals surface area (Å²) in [6, 6.07) is -2.85. The van der Waals surface area contributed by atoms with Gasteiger partial charge >= 0.3 is 5.97 Å². The van der Waals surface area contributed by atoms with Crippen LogP contribution in [0.3, 0.4) is 0 Å². The van der Waals surface area contributed by atoms with Gasteiger partial charge in [-0.1, -0.05) is 5.11 Å². The minimum Gasteiger partial charge on any atom is -0.420 e. The molecule has 4 amide bonds. The van der Waals surface area contributed by atoms with Gasteiger partial charge in [-0.3, -0.25) is 24.0 Å². The quantitative estimate of drug-likeness (QED) is 0.0123. The average molecular weight is 756 g/mol. The SMILES string of the molecule is C[C@H](NC(=O)CCCN=[N+]=[N-])C(=O)N[C@@H](C)C(=O)N[C@@H](C)C(=O)NCCOCCOCCOCCOCCC(=O)Oc1c(F)c(F)c(F)c(F)c1F. The third kappa shape index (κ3) is 17.5. The number of esters is 1. The van der Waals surface area contributed by atoms with E-state index in [0.29, 0.717) is 6.42 Å². The summed E-state index contributed by atoms with van der Waals surface area (Å²) in [4.78, 5) is 63.1. The average Bonchev–Trinajstić information content (AvgIpc) is 3.11. The zero-order chi connectivity index (χ0) is 39.1. The standard InChI is InChI=1S/C30H42F5N7O10/c1-17(40-30(47)19(3)41-29(46)18(2)39-20(43)5-4-7-38-42-36)28(45)37-8-10-49-12-14-51-16-15-50-13-11-48-9-6-21(44)52-27-25(34)23(32)22(31)24(33)26(27)35/h17-19H,4-16H2,1-3H3,(H,37,45)(H,39,43)(H,40,47)(H,41,46)/t17-,18-,19-/m0/s1. The van der Waals surface area contributed by atoms with Crippen LogP contribution in [0.4, 0.5) is 22.0 Å². The molecule has 0 heterocycles. The number of carbonyl (C=O) groups excluding carboxylic acids is 5. The van der Waals surface area contributed by atoms with E-state index in [9.17, 15) is 45.9 Å². The van der Waals surface area contributed by atoms with Crippen LogP contribution in [-0.2, 0) is 42.9 Å². The molecule has 292 valence electrons. The van der Waals surface area contributed by atoms with Gasteiger partial charge in [0.15, 0.2) is 0 Å². The molecule has 0 saturated heterocycles. The van der Waals surface area contributed by atoms with E-state index in [1.807, 2.05) is 0 Å². The molecule has 0 spiro atoms. The van der Waals surface area contributed by atoms with Gasteiger partial charge in [0.25, 0.3) is 0 Å². The second kappa shape index (κ2) is 25.3. The molecule has 3 atom stereocenters. The maximum Gasteiger partial charge on any atom is 0.313 e. The summed E-state index contributed by atoms with van der Waals surface area (Å²) < 4.78 is 91.7. The Morgan fingerprint density at radius 1 is 0.635 bits per heavy atom. The lowest BCUT2D eigenvalue weighted by atomic mass is 10.2. The second-order valence-electron chi connectivity index (χ2n) is 10.7. The molecule has 4 N–H and O–H groups in total. The largest absolute Gasteiger partial charge is 0.420 e. The van der Waals surface area contributed by atoms with E-state index in [-0.39, 0.29) is 72.4 Å². The zero-order valence-corrected chi connectivity index (χ0v) is 28.7. The smallest absolute Gasteiger partial charge is 0.313 e. The van der Waals surface area contributed by atoms with Crippen molar-refractivity contribution in [1.29, 1.82) is 0 Å². The number of halogens is 5. The van der Waals surface area contributed by atoms with E-state index in [1.165, 1.54) is 20.8 Å². The Morgan fingerprint density at radius 3 is 1.60 bits per heavy atom. The van der Waals surface area contributed by atoms with Crippen LogP contribution in [0.25, 0.3) is 10.4 Å². The summed E-state index contributed by atoms with van der Waals surface area (Å²) in [5.41, 5.74) is 8.23. The fourth-order valence-electron chi connectivity index (χ4n) is 3.70. The molecule has 52 heavy (non-hydrogen) atoms. The molecule has 0 aliphatic carbocycles. The summed E-state index contributed by atoms with van der Waals surface area (Å²) in [5.74, 6) is -16.5. The molecule has 0 unspecified atom stereocenters. The highest BCUT2D eigenvalue weighted by molar-refractivity contribution is 5.93. The molecule has 22 heteroatoms. The van der Waals surface area contributed by atoms with Crippen LogP contribution in [0.2, 0.25) is 0 Å². The number of hydrogen-bond acceptors (Lipinski definition) is 11. The molecule has 0 radical (unpaired) electrons. The van der Waals surface area contributed by atoms with Gasteiger partial charge < -0.3 is 45.0 Å². The second-order valence-corrected chi connectivity index (χ2v) is 10.7. The Hall–Kier alpha value is -4.63. The van der Waals surface area contributed by atoms with Gasteiger partial charge in [0.1, 0.15) is 18.1 Å². The Bertz CT molecular complexity index is 1380. The summed E-state index contributed by atoms with van der Waals surface area (Å²) in [6.45, 7) is 5.42. The fraction of sp³-hybridized carbons (Fsp3) is 0.633. The number of nitrogens with zero attached hydrogens (tertiary/aromatic N) is 3. The number of ether oxygens (including phenoxy) is 5. The van der Waals surface area contributed by atoms with E-state index in [1.54, 1.807) is 0 Å². The number of benzene rings is 1. The molecule has 0 aliphatic heterocycles. The van der Waals surface area contributed by atoms with Gasteiger partial charge in [0.05, 0.1) is 59.3 Å². The van der Waals surface area contributed by atoms with E-state index < -0.39 is 89.0 Å². The number of hydrogen-bond donors (Lipinski definition) is 4. The maximum absolute atomic E-state index is 13.6. The molecular weight excluding hydrogens is 713 g/mol. The molecule has 1 aromatic carbocycles. The molecular formula is C30H42F5N7O10. The van der Waals surface area contributed by atoms with Crippen LogP contribution < -0.4 is 26.0 Å². The van der Waals surface area contributed by atoms with Crippen molar-refractivity contribution >= 4 is 29.6 Å². The van der Waals surface area contributed by atoms with Crippen molar-refractivity contribution in [3.8, 4) is 5.75 Å². The van der Waals surface area contributed by atoms with Crippen LogP contribution in [-0.4, -0.2) is 114 Å². The zero-order valence-electron chi connectivity index (χ0n) is 28.7. The molecule has 1 rings (SSSR count). The van der Waals surface area contributed by atoms with Crippen LogP contribution in [0, 0.1) is 29.1 Å². The predicted molar refractivity (Wildman–Crippen MR) is 169 cm³/mol. The highest BCUT2D eigenvalue weighted by atomic mass is 19.2. The maximum atomic E-state index is 13.6. The normalized spacial score (nSPS) is 12.5. The van der Waals surface area contributed by atoms with Crippen LogP contribution >= 0.6 is 0 Å². The summed E-state index contributed by atoms with van der Waals surface area (Å²) in [5, 5.41) is 13.3. The Balaban J connectivity index is 2.06. The van der Waals surface area contributed by atoms with Crippen LogP contribution in [0.1, 0.15) is 40.0 Å². The van der Waals surface area contributed by atoms with Gasteiger partial charge in [0, 0.05) is 24.4 Å². The van der Waals surface area contributed by atoms with Crippen molar-refractivity contribution in [2.75, 3.05) is 65.9 Å². The van der Waals surface area contributed by atoms with E-state index in [2.05, 4.69) is 36.0 Å². The van der Waals surface area contributed by atoms with Crippen molar-refractivity contribution in [3.63, 3.8) is 0 Å². The lowest BCUT2D eigenvalue weighted by Crippen LogP contribution is -2.54. The van der Waals surface area contributed by atoms with Crippen molar-refractivity contribution in [1.82, 2.24) is 21.3 Å². The minimum atomic E-state index is -2.37. The van der Waals surface area contributed by atoms with Gasteiger partial charge in [-0.15, -0.1) is 0 Å². The number of rotatable bonds is 26. The first-order valence-corrected chi connectivity index (χ1v) is 15.9. The monoisotopic (exact) mass is 755 g/mol. The van der Waals surface area contributed by atoms with E-state index in [0.717, 1.165) is 0 Å². The molecule has 17 nitrogen and oxygen atoms in total. The molecule has 0 fully saturated rings. The number of amides is 4.